The highest BCUT2D eigenvalue weighted by Gasteiger charge is 2.21. The molecule has 0 aliphatic rings. The average molecular weight is 583 g/mol. The Kier molecular flexibility index (Phi) is 9.18. The second-order valence-corrected chi connectivity index (χ2v) is 10.1. The maximum absolute atomic E-state index is 12.7. The molecule has 0 saturated heterocycles. The van der Waals surface area contributed by atoms with Gasteiger partial charge in [0.05, 0.1) is 22.4 Å². The maximum Gasteiger partial charge on any atom is 0.253 e. The quantitative estimate of drug-likeness (QED) is 0.236. The lowest BCUT2D eigenvalue weighted by Gasteiger charge is -2.16. The van der Waals surface area contributed by atoms with Gasteiger partial charge >= 0.3 is 0 Å². The van der Waals surface area contributed by atoms with Gasteiger partial charge < -0.3 is 15.2 Å². The van der Waals surface area contributed by atoms with Crippen molar-refractivity contribution >= 4 is 68.4 Å². The SMILES string of the molecule is C=CCn1c(SCC(=O)Nc2ccc(Br)cc2C)nnc1C(C)NC(=O)c1ccc(Cl)cc1Cl. The molecule has 3 rings (SSSR count). The zero-order valence-corrected chi connectivity index (χ0v) is 22.4. The van der Waals surface area contributed by atoms with Gasteiger partial charge in [0, 0.05) is 21.7 Å². The number of allylic oxidation sites excluding steroid dienone is 1. The Hall–Kier alpha value is -2.33. The van der Waals surface area contributed by atoms with Gasteiger partial charge in [0.1, 0.15) is 0 Å². The zero-order valence-electron chi connectivity index (χ0n) is 18.4. The molecule has 2 aromatic carbocycles. The van der Waals surface area contributed by atoms with Crippen LogP contribution < -0.4 is 10.6 Å². The largest absolute Gasteiger partial charge is 0.342 e. The predicted molar refractivity (Wildman–Crippen MR) is 141 cm³/mol. The summed E-state index contributed by atoms with van der Waals surface area (Å²) < 4.78 is 2.76. The van der Waals surface area contributed by atoms with Gasteiger partial charge in [-0.25, -0.2) is 0 Å². The topological polar surface area (TPSA) is 88.9 Å². The van der Waals surface area contributed by atoms with Crippen LogP contribution in [-0.2, 0) is 11.3 Å². The predicted octanol–water partition coefficient (Wildman–Crippen LogP) is 6.06. The molecule has 0 fully saturated rings. The zero-order chi connectivity index (χ0) is 24.8. The summed E-state index contributed by atoms with van der Waals surface area (Å²) in [5.74, 6) is 0.154. The summed E-state index contributed by atoms with van der Waals surface area (Å²) in [6.07, 6.45) is 1.70. The highest BCUT2D eigenvalue weighted by molar-refractivity contribution is 9.10. The van der Waals surface area contributed by atoms with E-state index >= 15 is 0 Å². The molecule has 2 amide bonds. The molecule has 11 heteroatoms. The fraction of sp³-hybridized carbons (Fsp3) is 0.217. The molecule has 0 saturated carbocycles. The smallest absolute Gasteiger partial charge is 0.253 e. The van der Waals surface area contributed by atoms with E-state index < -0.39 is 6.04 Å². The lowest BCUT2D eigenvalue weighted by molar-refractivity contribution is -0.113. The number of hydrogen-bond acceptors (Lipinski definition) is 5. The molecule has 0 radical (unpaired) electrons. The number of rotatable bonds is 9. The highest BCUT2D eigenvalue weighted by Crippen LogP contribution is 2.25. The molecule has 3 aromatic rings. The number of carbonyl (C=O) groups is 2. The Bertz CT molecular complexity index is 1230. The van der Waals surface area contributed by atoms with Crippen molar-refractivity contribution in [1.29, 1.82) is 0 Å². The van der Waals surface area contributed by atoms with E-state index in [1.807, 2.05) is 29.7 Å². The molecular formula is C23H22BrCl2N5O2S. The number of amides is 2. The summed E-state index contributed by atoms with van der Waals surface area (Å²) in [5, 5.41) is 15.5. The van der Waals surface area contributed by atoms with E-state index in [4.69, 9.17) is 23.2 Å². The standard InChI is InChI=1S/C23H22BrCl2N5O2S/c1-4-9-31-21(14(3)27-22(33)17-7-6-16(25)11-18(17)26)29-30-23(31)34-12-20(32)28-19-8-5-15(24)10-13(19)2/h4-8,10-11,14H,1,9,12H2,2-3H3,(H,27,33)(H,28,32). The van der Waals surface area contributed by atoms with E-state index in [9.17, 15) is 9.59 Å². The van der Waals surface area contributed by atoms with E-state index in [0.717, 1.165) is 15.7 Å². The average Bonchev–Trinajstić information content (AvgIpc) is 3.17. The molecule has 178 valence electrons. The molecule has 0 bridgehead atoms. The fourth-order valence-corrected chi connectivity index (χ4v) is 4.85. The van der Waals surface area contributed by atoms with Gasteiger partial charge in [0.2, 0.25) is 5.91 Å². The second-order valence-electron chi connectivity index (χ2n) is 7.36. The van der Waals surface area contributed by atoms with Crippen LogP contribution in [0.15, 0.2) is 58.7 Å². The van der Waals surface area contributed by atoms with Crippen LogP contribution in [0.4, 0.5) is 5.69 Å². The van der Waals surface area contributed by atoms with Crippen molar-refractivity contribution in [3.63, 3.8) is 0 Å². The number of aromatic nitrogens is 3. The molecule has 1 atom stereocenters. The van der Waals surface area contributed by atoms with Crippen LogP contribution in [0.3, 0.4) is 0 Å². The number of halogens is 3. The Morgan fingerprint density at radius 3 is 2.68 bits per heavy atom. The second kappa shape index (κ2) is 11.9. The van der Waals surface area contributed by atoms with Crippen molar-refractivity contribution in [3.8, 4) is 0 Å². The molecule has 1 unspecified atom stereocenters. The van der Waals surface area contributed by atoms with E-state index in [0.29, 0.717) is 28.1 Å². The minimum absolute atomic E-state index is 0.145. The third kappa shape index (κ3) is 6.63. The molecular weight excluding hydrogens is 561 g/mol. The minimum Gasteiger partial charge on any atom is -0.342 e. The Balaban J connectivity index is 1.68. The van der Waals surface area contributed by atoms with Gasteiger partial charge in [-0.1, -0.05) is 57.0 Å². The van der Waals surface area contributed by atoms with Crippen molar-refractivity contribution in [2.45, 2.75) is 31.6 Å². The van der Waals surface area contributed by atoms with Gasteiger partial charge in [-0.3, -0.25) is 9.59 Å². The van der Waals surface area contributed by atoms with E-state index in [2.05, 4.69) is 43.3 Å². The van der Waals surface area contributed by atoms with Crippen LogP contribution in [0.5, 0.6) is 0 Å². The van der Waals surface area contributed by atoms with Crippen LogP contribution in [0.2, 0.25) is 10.0 Å². The van der Waals surface area contributed by atoms with Crippen molar-refractivity contribution in [2.75, 3.05) is 11.1 Å². The molecule has 7 nitrogen and oxygen atoms in total. The number of benzene rings is 2. The molecule has 2 N–H and O–H groups in total. The van der Waals surface area contributed by atoms with Crippen molar-refractivity contribution in [2.24, 2.45) is 0 Å². The fourth-order valence-electron chi connectivity index (χ4n) is 3.12. The Morgan fingerprint density at radius 1 is 1.24 bits per heavy atom. The summed E-state index contributed by atoms with van der Waals surface area (Å²) in [4.78, 5) is 25.2. The van der Waals surface area contributed by atoms with Crippen LogP contribution in [0, 0.1) is 6.92 Å². The monoisotopic (exact) mass is 581 g/mol. The van der Waals surface area contributed by atoms with Gasteiger partial charge in [-0.2, -0.15) is 0 Å². The third-order valence-corrected chi connectivity index (χ3v) is 6.77. The highest BCUT2D eigenvalue weighted by atomic mass is 79.9. The molecule has 1 aromatic heterocycles. The summed E-state index contributed by atoms with van der Waals surface area (Å²) in [6.45, 7) is 7.92. The maximum atomic E-state index is 12.7. The van der Waals surface area contributed by atoms with Crippen LogP contribution >= 0.6 is 50.9 Å². The van der Waals surface area contributed by atoms with E-state index in [1.165, 1.54) is 17.8 Å². The van der Waals surface area contributed by atoms with Gasteiger partial charge in [0.15, 0.2) is 11.0 Å². The van der Waals surface area contributed by atoms with Crippen LogP contribution in [-0.4, -0.2) is 32.3 Å². The first-order chi connectivity index (χ1) is 16.2. The summed E-state index contributed by atoms with van der Waals surface area (Å²) >= 11 is 16.7. The van der Waals surface area contributed by atoms with Crippen molar-refractivity contribution < 1.29 is 9.59 Å². The van der Waals surface area contributed by atoms with Crippen LogP contribution in [0.1, 0.15) is 34.7 Å². The summed E-state index contributed by atoms with van der Waals surface area (Å²) in [7, 11) is 0. The molecule has 1 heterocycles. The van der Waals surface area contributed by atoms with Crippen molar-refractivity contribution in [3.05, 3.63) is 80.5 Å². The normalized spacial score (nSPS) is 11.7. The number of carbonyl (C=O) groups excluding carboxylic acids is 2. The lowest BCUT2D eigenvalue weighted by atomic mass is 10.2. The third-order valence-electron chi connectivity index (χ3n) is 4.76. The van der Waals surface area contributed by atoms with Gasteiger partial charge in [-0.15, -0.1) is 16.8 Å². The first-order valence-corrected chi connectivity index (χ1v) is 12.7. The van der Waals surface area contributed by atoms with Crippen molar-refractivity contribution in [1.82, 2.24) is 20.1 Å². The molecule has 0 aliphatic heterocycles. The van der Waals surface area contributed by atoms with E-state index in [-0.39, 0.29) is 22.6 Å². The first-order valence-electron chi connectivity index (χ1n) is 10.2. The number of aryl methyl sites for hydroxylation is 1. The number of anilines is 1. The van der Waals surface area contributed by atoms with Gasteiger partial charge in [0.25, 0.3) is 5.91 Å². The Labute approximate surface area is 220 Å². The molecule has 34 heavy (non-hydrogen) atoms. The molecule has 0 spiro atoms. The number of thioether (sulfide) groups is 1. The number of nitrogens with zero attached hydrogens (tertiary/aromatic N) is 3. The molecule has 0 aliphatic carbocycles. The number of hydrogen-bond donors (Lipinski definition) is 2. The van der Waals surface area contributed by atoms with Gasteiger partial charge in [-0.05, 0) is 55.8 Å². The first kappa shape index (κ1) is 26.3. The Morgan fingerprint density at radius 2 is 2.00 bits per heavy atom. The lowest BCUT2D eigenvalue weighted by Crippen LogP contribution is -2.29. The summed E-state index contributed by atoms with van der Waals surface area (Å²) in [5.41, 5.74) is 2.01. The van der Waals surface area contributed by atoms with E-state index in [1.54, 1.807) is 25.1 Å². The minimum atomic E-state index is -0.472. The van der Waals surface area contributed by atoms with Crippen LogP contribution in [0.25, 0.3) is 0 Å². The summed E-state index contributed by atoms with van der Waals surface area (Å²) in [6, 6.07) is 9.85. The number of nitrogens with one attached hydrogen (secondary N) is 2.